The second-order valence-corrected chi connectivity index (χ2v) is 5.97. The predicted octanol–water partition coefficient (Wildman–Crippen LogP) is 1.44. The van der Waals surface area contributed by atoms with Crippen molar-refractivity contribution in [3.8, 4) is 0 Å². The molecule has 0 fully saturated rings. The summed E-state index contributed by atoms with van der Waals surface area (Å²) in [5.41, 5.74) is 5.39. The van der Waals surface area contributed by atoms with Crippen LogP contribution in [0.15, 0.2) is 6.07 Å². The Morgan fingerprint density at radius 2 is 2.24 bits per heavy atom. The molecule has 0 aliphatic heterocycles. The molecule has 7 heteroatoms. The van der Waals surface area contributed by atoms with E-state index < -0.39 is 0 Å². The molecule has 0 aliphatic rings. The quantitative estimate of drug-likeness (QED) is 0.751. The molecule has 4 N–H and O–H groups in total. The zero-order valence-electron chi connectivity index (χ0n) is 12.6. The van der Waals surface area contributed by atoms with Crippen LogP contribution in [-0.4, -0.2) is 35.0 Å². The lowest BCUT2D eigenvalue weighted by Crippen LogP contribution is -2.40. The van der Waals surface area contributed by atoms with E-state index in [1.165, 1.54) is 4.88 Å². The number of hydrogen-bond donors (Lipinski definition) is 3. The number of carbonyl (C=O) groups is 1. The van der Waals surface area contributed by atoms with Crippen LogP contribution in [0, 0.1) is 6.92 Å². The van der Waals surface area contributed by atoms with Gasteiger partial charge < -0.3 is 16.4 Å². The molecule has 1 unspecified atom stereocenters. The van der Waals surface area contributed by atoms with Crippen LogP contribution in [0.1, 0.15) is 24.5 Å². The van der Waals surface area contributed by atoms with E-state index in [0.29, 0.717) is 24.7 Å². The smallest absolute Gasteiger partial charge is 0.242 e. The number of nitrogens with two attached hydrogens (primary N) is 1. The van der Waals surface area contributed by atoms with E-state index in [4.69, 9.17) is 5.73 Å². The number of rotatable bonds is 6. The highest BCUT2D eigenvalue weighted by Crippen LogP contribution is 2.29. The third-order valence-corrected chi connectivity index (χ3v) is 4.27. The van der Waals surface area contributed by atoms with Gasteiger partial charge in [-0.2, -0.15) is 0 Å². The van der Waals surface area contributed by atoms with Gasteiger partial charge in [0.2, 0.25) is 5.91 Å². The Hall–Kier alpha value is -1.73. The molecule has 0 saturated heterocycles. The normalized spacial score (nSPS) is 12.4. The summed E-state index contributed by atoms with van der Waals surface area (Å²) in [5, 5.41) is 6.91. The van der Waals surface area contributed by atoms with E-state index in [-0.39, 0.29) is 11.9 Å². The fourth-order valence-corrected chi connectivity index (χ4v) is 2.99. The predicted molar refractivity (Wildman–Crippen MR) is 86.7 cm³/mol. The van der Waals surface area contributed by atoms with Gasteiger partial charge in [-0.15, -0.1) is 11.3 Å². The molecule has 6 nitrogen and oxygen atoms in total. The van der Waals surface area contributed by atoms with Crippen molar-refractivity contribution in [1.82, 2.24) is 15.3 Å². The lowest BCUT2D eigenvalue weighted by Gasteiger charge is -2.15. The van der Waals surface area contributed by atoms with Gasteiger partial charge in [0, 0.05) is 18.0 Å². The second kappa shape index (κ2) is 6.82. The van der Waals surface area contributed by atoms with E-state index in [2.05, 4.69) is 33.6 Å². The summed E-state index contributed by atoms with van der Waals surface area (Å²) in [6.07, 6.45) is 0.964. The van der Waals surface area contributed by atoms with Gasteiger partial charge in [-0.3, -0.25) is 4.79 Å². The Bertz CT molecular complexity index is 640. The standard InChI is InChI=1S/C14H21N5OS/c1-4-10-7-11-12(18-9(3)19-14(11)21-10)17-8(2)13(20)16-6-5-15/h7-8H,4-6,15H2,1-3H3,(H,16,20)(H,17,18,19). The van der Waals surface area contributed by atoms with Gasteiger partial charge in [-0.05, 0) is 26.3 Å². The van der Waals surface area contributed by atoms with Crippen molar-refractivity contribution in [2.45, 2.75) is 33.2 Å². The molecule has 0 radical (unpaired) electrons. The van der Waals surface area contributed by atoms with Crippen LogP contribution >= 0.6 is 11.3 Å². The zero-order valence-corrected chi connectivity index (χ0v) is 13.4. The minimum atomic E-state index is -0.376. The highest BCUT2D eigenvalue weighted by molar-refractivity contribution is 7.18. The minimum absolute atomic E-state index is 0.0872. The minimum Gasteiger partial charge on any atom is -0.358 e. The lowest BCUT2D eigenvalue weighted by molar-refractivity contribution is -0.121. The van der Waals surface area contributed by atoms with Crippen molar-refractivity contribution < 1.29 is 4.79 Å². The summed E-state index contributed by atoms with van der Waals surface area (Å²) in [6, 6.07) is 1.71. The molecular formula is C14H21N5OS. The number of carbonyl (C=O) groups excluding carboxylic acids is 1. The van der Waals surface area contributed by atoms with Crippen molar-refractivity contribution in [1.29, 1.82) is 0 Å². The van der Waals surface area contributed by atoms with Crippen LogP contribution in [0.3, 0.4) is 0 Å². The summed E-state index contributed by atoms with van der Waals surface area (Å²) in [7, 11) is 0. The van der Waals surface area contributed by atoms with Crippen LogP contribution in [0.25, 0.3) is 10.2 Å². The molecular weight excluding hydrogens is 286 g/mol. The summed E-state index contributed by atoms with van der Waals surface area (Å²) in [5.74, 6) is 1.32. The first-order valence-corrected chi connectivity index (χ1v) is 7.88. The number of fused-ring (bicyclic) bond motifs is 1. The van der Waals surface area contributed by atoms with Crippen LogP contribution < -0.4 is 16.4 Å². The third kappa shape index (κ3) is 3.68. The van der Waals surface area contributed by atoms with E-state index in [9.17, 15) is 4.79 Å². The van der Waals surface area contributed by atoms with Gasteiger partial charge in [0.1, 0.15) is 22.5 Å². The number of aromatic nitrogens is 2. The Labute approximate surface area is 128 Å². The molecule has 2 aromatic rings. The van der Waals surface area contributed by atoms with Crippen LogP contribution in [0.4, 0.5) is 5.82 Å². The average molecular weight is 307 g/mol. The first-order valence-electron chi connectivity index (χ1n) is 7.06. The van der Waals surface area contributed by atoms with Crippen LogP contribution in [0.5, 0.6) is 0 Å². The van der Waals surface area contributed by atoms with Gasteiger partial charge in [-0.1, -0.05) is 6.92 Å². The Kier molecular flexibility index (Phi) is 5.08. The van der Waals surface area contributed by atoms with Gasteiger partial charge in [0.25, 0.3) is 0 Å². The number of nitrogens with zero attached hydrogens (tertiary/aromatic N) is 2. The topological polar surface area (TPSA) is 92.9 Å². The Morgan fingerprint density at radius 3 is 2.90 bits per heavy atom. The van der Waals surface area contributed by atoms with Gasteiger partial charge in [0.05, 0.1) is 5.39 Å². The average Bonchev–Trinajstić information content (AvgIpc) is 2.87. The lowest BCUT2D eigenvalue weighted by atomic mass is 10.2. The molecule has 21 heavy (non-hydrogen) atoms. The summed E-state index contributed by atoms with van der Waals surface area (Å²) < 4.78 is 0. The highest BCUT2D eigenvalue weighted by Gasteiger charge is 2.16. The molecule has 1 atom stereocenters. The second-order valence-electron chi connectivity index (χ2n) is 4.85. The van der Waals surface area contributed by atoms with Crippen molar-refractivity contribution in [3.05, 3.63) is 16.8 Å². The SMILES string of the molecule is CCc1cc2c(NC(C)C(=O)NCCN)nc(C)nc2s1. The number of aryl methyl sites for hydroxylation is 2. The highest BCUT2D eigenvalue weighted by atomic mass is 32.1. The summed E-state index contributed by atoms with van der Waals surface area (Å²) in [4.78, 5) is 23.0. The van der Waals surface area contributed by atoms with Gasteiger partial charge >= 0.3 is 0 Å². The number of anilines is 1. The summed E-state index contributed by atoms with van der Waals surface area (Å²) in [6.45, 7) is 6.68. The molecule has 0 spiro atoms. The fourth-order valence-electron chi connectivity index (χ4n) is 1.98. The van der Waals surface area contributed by atoms with E-state index in [1.54, 1.807) is 11.3 Å². The molecule has 2 heterocycles. The number of hydrogen-bond acceptors (Lipinski definition) is 6. The fraction of sp³-hybridized carbons (Fsp3) is 0.500. The Morgan fingerprint density at radius 1 is 1.48 bits per heavy atom. The Balaban J connectivity index is 2.24. The number of amides is 1. The molecule has 114 valence electrons. The van der Waals surface area contributed by atoms with Gasteiger partial charge in [-0.25, -0.2) is 9.97 Å². The van der Waals surface area contributed by atoms with Crippen molar-refractivity contribution >= 4 is 33.3 Å². The maximum absolute atomic E-state index is 11.9. The first kappa shape index (κ1) is 15.7. The van der Waals surface area contributed by atoms with Crippen LogP contribution in [0.2, 0.25) is 0 Å². The number of nitrogens with one attached hydrogen (secondary N) is 2. The monoisotopic (exact) mass is 307 g/mol. The maximum atomic E-state index is 11.9. The van der Waals surface area contributed by atoms with E-state index >= 15 is 0 Å². The van der Waals surface area contributed by atoms with Crippen molar-refractivity contribution in [3.63, 3.8) is 0 Å². The van der Waals surface area contributed by atoms with Crippen molar-refractivity contribution in [2.75, 3.05) is 18.4 Å². The molecule has 0 saturated carbocycles. The zero-order chi connectivity index (χ0) is 15.4. The molecule has 2 aromatic heterocycles. The van der Waals surface area contributed by atoms with E-state index in [1.807, 2.05) is 13.8 Å². The first-order chi connectivity index (χ1) is 10.0. The van der Waals surface area contributed by atoms with Crippen molar-refractivity contribution in [2.24, 2.45) is 5.73 Å². The molecule has 2 rings (SSSR count). The maximum Gasteiger partial charge on any atom is 0.242 e. The van der Waals surface area contributed by atoms with E-state index in [0.717, 1.165) is 16.6 Å². The van der Waals surface area contributed by atoms with Crippen LogP contribution in [-0.2, 0) is 11.2 Å². The molecule has 0 aromatic carbocycles. The third-order valence-electron chi connectivity index (χ3n) is 3.09. The largest absolute Gasteiger partial charge is 0.358 e. The number of thiophene rings is 1. The van der Waals surface area contributed by atoms with Gasteiger partial charge in [0.15, 0.2) is 0 Å². The molecule has 0 aliphatic carbocycles. The molecule has 0 bridgehead atoms. The summed E-state index contributed by atoms with van der Waals surface area (Å²) >= 11 is 1.67. The molecule has 1 amide bonds.